The highest BCUT2D eigenvalue weighted by molar-refractivity contribution is 9.10. The van der Waals surface area contributed by atoms with Gasteiger partial charge in [0.05, 0.1) is 0 Å². The van der Waals surface area contributed by atoms with E-state index in [1.54, 1.807) is 0 Å². The molecular weight excluding hydrogens is 290 g/mol. The summed E-state index contributed by atoms with van der Waals surface area (Å²) in [6, 6.07) is 2.12. The average molecular weight is 310 g/mol. The smallest absolute Gasteiger partial charge is 0.157 e. The minimum atomic E-state index is 0.947. The van der Waals surface area contributed by atoms with Crippen LogP contribution in [-0.2, 0) is 12.8 Å². The van der Waals surface area contributed by atoms with Crippen molar-refractivity contribution in [3.63, 3.8) is 0 Å². The number of pyridine rings is 1. The Bertz CT molecular complexity index is 545. The van der Waals surface area contributed by atoms with Crippen molar-refractivity contribution in [2.75, 3.05) is 0 Å². The predicted molar refractivity (Wildman–Crippen MR) is 78.0 cm³/mol. The van der Waals surface area contributed by atoms with Gasteiger partial charge < -0.3 is 0 Å². The Morgan fingerprint density at radius 3 is 2.72 bits per heavy atom. The first-order valence-electron chi connectivity index (χ1n) is 6.71. The average Bonchev–Trinajstić information content (AvgIpc) is 2.73. The molecule has 0 aromatic carbocycles. The van der Waals surface area contributed by atoms with Gasteiger partial charge in [0.2, 0.25) is 0 Å². The lowest BCUT2D eigenvalue weighted by atomic mass is 10.1. The molecule has 0 saturated carbocycles. The van der Waals surface area contributed by atoms with Crippen LogP contribution in [0.3, 0.4) is 0 Å². The fourth-order valence-corrected chi connectivity index (χ4v) is 3.10. The molecule has 3 nitrogen and oxygen atoms in total. The van der Waals surface area contributed by atoms with Crippen molar-refractivity contribution in [1.82, 2.24) is 14.6 Å². The van der Waals surface area contributed by atoms with E-state index in [4.69, 9.17) is 0 Å². The van der Waals surface area contributed by atoms with Gasteiger partial charge >= 0.3 is 0 Å². The maximum Gasteiger partial charge on any atom is 0.157 e. The number of rotatable bonds is 5. The molecule has 0 spiro atoms. The van der Waals surface area contributed by atoms with Crippen LogP contribution < -0.4 is 0 Å². The molecule has 0 N–H and O–H groups in total. The third-order valence-electron chi connectivity index (χ3n) is 3.29. The molecule has 98 valence electrons. The Kier molecular flexibility index (Phi) is 4.38. The number of unbranched alkanes of at least 4 members (excludes halogenated alkanes) is 2. The molecule has 18 heavy (non-hydrogen) atoms. The third kappa shape index (κ3) is 2.58. The van der Waals surface area contributed by atoms with E-state index in [-0.39, 0.29) is 0 Å². The summed E-state index contributed by atoms with van der Waals surface area (Å²) in [5.74, 6) is 0.955. The molecule has 2 rings (SSSR count). The van der Waals surface area contributed by atoms with Gasteiger partial charge in [-0.3, -0.25) is 0 Å². The Morgan fingerprint density at radius 1 is 1.28 bits per heavy atom. The van der Waals surface area contributed by atoms with Crippen LogP contribution in [0.25, 0.3) is 5.65 Å². The Labute approximate surface area is 117 Å². The first-order valence-corrected chi connectivity index (χ1v) is 7.50. The number of halogens is 1. The number of fused-ring (bicyclic) bond motifs is 1. The fraction of sp³-hybridized carbons (Fsp3) is 0.571. The van der Waals surface area contributed by atoms with E-state index in [1.165, 1.54) is 30.4 Å². The summed E-state index contributed by atoms with van der Waals surface area (Å²) < 4.78 is 2.97. The van der Waals surface area contributed by atoms with Crippen LogP contribution in [0.4, 0.5) is 0 Å². The molecule has 2 aromatic heterocycles. The lowest BCUT2D eigenvalue weighted by Gasteiger charge is -2.06. The van der Waals surface area contributed by atoms with E-state index in [0.717, 1.165) is 28.9 Å². The Hall–Kier alpha value is -0.900. The highest BCUT2D eigenvalue weighted by Crippen LogP contribution is 2.23. The second kappa shape index (κ2) is 5.83. The molecule has 0 aliphatic heterocycles. The van der Waals surface area contributed by atoms with Gasteiger partial charge in [0, 0.05) is 6.42 Å². The van der Waals surface area contributed by atoms with Crippen LogP contribution in [0.5, 0.6) is 0 Å². The van der Waals surface area contributed by atoms with Gasteiger partial charge in [-0.05, 0) is 52.9 Å². The van der Waals surface area contributed by atoms with Gasteiger partial charge in [-0.2, -0.15) is 5.10 Å². The van der Waals surface area contributed by atoms with Gasteiger partial charge in [-0.25, -0.2) is 9.50 Å². The zero-order valence-electron chi connectivity index (χ0n) is 11.3. The SMILES string of the molecule is CCCCCc1nc2cc(C)c(CC)c(Br)n2n1. The van der Waals surface area contributed by atoms with Crippen molar-refractivity contribution < 1.29 is 0 Å². The van der Waals surface area contributed by atoms with Crippen molar-refractivity contribution in [3.8, 4) is 0 Å². The zero-order valence-corrected chi connectivity index (χ0v) is 12.9. The maximum atomic E-state index is 4.60. The highest BCUT2D eigenvalue weighted by Gasteiger charge is 2.11. The molecule has 0 bridgehead atoms. The summed E-state index contributed by atoms with van der Waals surface area (Å²) in [5, 5.41) is 4.59. The van der Waals surface area contributed by atoms with Crippen molar-refractivity contribution in [3.05, 3.63) is 27.6 Å². The number of hydrogen-bond acceptors (Lipinski definition) is 2. The molecule has 0 amide bonds. The minimum Gasteiger partial charge on any atom is -0.212 e. The molecular formula is C14H20BrN3. The van der Waals surface area contributed by atoms with Crippen LogP contribution in [0.15, 0.2) is 10.7 Å². The molecule has 4 heteroatoms. The summed E-state index contributed by atoms with van der Waals surface area (Å²) in [4.78, 5) is 4.60. The van der Waals surface area contributed by atoms with E-state index in [1.807, 2.05) is 4.52 Å². The molecule has 0 aliphatic carbocycles. The number of nitrogens with zero attached hydrogens (tertiary/aromatic N) is 3. The molecule has 0 atom stereocenters. The Balaban J connectivity index is 2.36. The quantitative estimate of drug-likeness (QED) is 0.615. The predicted octanol–water partition coefficient (Wildman–Crippen LogP) is 4.10. The van der Waals surface area contributed by atoms with Gasteiger partial charge in [0.1, 0.15) is 4.60 Å². The molecule has 0 fully saturated rings. The van der Waals surface area contributed by atoms with Crippen molar-refractivity contribution in [1.29, 1.82) is 0 Å². The number of aryl methyl sites for hydroxylation is 2. The molecule has 0 unspecified atom stereocenters. The van der Waals surface area contributed by atoms with E-state index < -0.39 is 0 Å². The second-order valence-corrected chi connectivity index (χ2v) is 5.46. The van der Waals surface area contributed by atoms with E-state index in [2.05, 4.69) is 52.9 Å². The summed E-state index contributed by atoms with van der Waals surface area (Å²) in [7, 11) is 0. The molecule has 2 aromatic rings. The van der Waals surface area contributed by atoms with E-state index >= 15 is 0 Å². The third-order valence-corrected chi connectivity index (χ3v) is 4.10. The first-order chi connectivity index (χ1) is 8.67. The van der Waals surface area contributed by atoms with Gasteiger partial charge in [0.15, 0.2) is 11.5 Å². The van der Waals surface area contributed by atoms with E-state index in [9.17, 15) is 0 Å². The van der Waals surface area contributed by atoms with Crippen LogP contribution in [0, 0.1) is 6.92 Å². The van der Waals surface area contributed by atoms with Crippen molar-refractivity contribution in [2.45, 2.75) is 52.9 Å². The Morgan fingerprint density at radius 2 is 2.06 bits per heavy atom. The van der Waals surface area contributed by atoms with Crippen LogP contribution in [0.1, 0.15) is 50.1 Å². The van der Waals surface area contributed by atoms with Crippen molar-refractivity contribution in [2.24, 2.45) is 0 Å². The van der Waals surface area contributed by atoms with Gasteiger partial charge in [0.25, 0.3) is 0 Å². The lowest BCUT2D eigenvalue weighted by Crippen LogP contribution is -1.98. The first kappa shape index (κ1) is 13.5. The summed E-state index contributed by atoms with van der Waals surface area (Å²) in [6.07, 6.45) is 5.63. The van der Waals surface area contributed by atoms with Crippen LogP contribution in [-0.4, -0.2) is 14.6 Å². The number of hydrogen-bond donors (Lipinski definition) is 0. The normalized spacial score (nSPS) is 11.3. The van der Waals surface area contributed by atoms with Crippen LogP contribution >= 0.6 is 15.9 Å². The largest absolute Gasteiger partial charge is 0.212 e. The lowest BCUT2D eigenvalue weighted by molar-refractivity contribution is 0.691. The fourth-order valence-electron chi connectivity index (χ4n) is 2.24. The standard InChI is InChI=1S/C14H20BrN3/c1-4-6-7-8-12-16-13-9-10(3)11(5-2)14(15)18(13)17-12/h9H,4-8H2,1-3H3. The van der Waals surface area contributed by atoms with Crippen LogP contribution in [0.2, 0.25) is 0 Å². The van der Waals surface area contributed by atoms with E-state index in [0.29, 0.717) is 0 Å². The molecule has 0 saturated heterocycles. The zero-order chi connectivity index (χ0) is 13.1. The molecule has 2 heterocycles. The second-order valence-electron chi connectivity index (χ2n) is 4.71. The molecule has 0 radical (unpaired) electrons. The van der Waals surface area contributed by atoms with Gasteiger partial charge in [-0.1, -0.05) is 26.7 Å². The monoisotopic (exact) mass is 309 g/mol. The maximum absolute atomic E-state index is 4.60. The summed E-state index contributed by atoms with van der Waals surface area (Å²) >= 11 is 3.65. The summed E-state index contributed by atoms with van der Waals surface area (Å²) in [5.41, 5.74) is 3.54. The van der Waals surface area contributed by atoms with Gasteiger partial charge in [-0.15, -0.1) is 0 Å². The number of aromatic nitrogens is 3. The highest BCUT2D eigenvalue weighted by atomic mass is 79.9. The minimum absolute atomic E-state index is 0.947. The van der Waals surface area contributed by atoms with Crippen molar-refractivity contribution >= 4 is 21.6 Å². The molecule has 0 aliphatic rings. The topological polar surface area (TPSA) is 30.2 Å². The summed E-state index contributed by atoms with van der Waals surface area (Å²) in [6.45, 7) is 6.51.